The molecule has 6 heteroatoms. The molecule has 12 rings (SSSR count). The van der Waals surface area contributed by atoms with E-state index in [1.807, 2.05) is 96.3 Å². The van der Waals surface area contributed by atoms with Gasteiger partial charge in [0.15, 0.2) is 17.5 Å². The van der Waals surface area contributed by atoms with Crippen LogP contribution >= 0.6 is 11.3 Å². The standard InChI is InChI=1S/C51H29N3O2S/c1-3-13-30(14-4-1)49-52-50(31-15-5-2-6-16-31)54-51(53-49)40-21-12-23-42-45(40)38-26-25-32(29-43(38)55-42)33-27-28-35(46-39-18-8-10-24-44(39)57-48(33)46)37-20-11-19-36-34-17-7-9-22-41(34)56-47(36)37/h1-29H. The molecule has 4 aromatic heterocycles. The quantitative estimate of drug-likeness (QED) is 0.175. The van der Waals surface area contributed by atoms with Gasteiger partial charge in [-0.15, -0.1) is 11.3 Å². The summed E-state index contributed by atoms with van der Waals surface area (Å²) < 4.78 is 15.7. The Morgan fingerprint density at radius 1 is 0.351 bits per heavy atom. The van der Waals surface area contributed by atoms with Crippen LogP contribution in [0.1, 0.15) is 0 Å². The number of furan rings is 2. The van der Waals surface area contributed by atoms with E-state index in [0.29, 0.717) is 17.5 Å². The van der Waals surface area contributed by atoms with Crippen LogP contribution in [-0.2, 0) is 0 Å². The number of fused-ring (bicyclic) bond motifs is 9. The van der Waals surface area contributed by atoms with Crippen LogP contribution in [0.15, 0.2) is 185 Å². The third-order valence-electron chi connectivity index (χ3n) is 11.0. The number of hydrogen-bond acceptors (Lipinski definition) is 6. The Morgan fingerprint density at radius 2 is 0.982 bits per heavy atom. The van der Waals surface area contributed by atoms with Gasteiger partial charge in [0.25, 0.3) is 0 Å². The molecule has 266 valence electrons. The van der Waals surface area contributed by atoms with Crippen molar-refractivity contribution in [3.05, 3.63) is 176 Å². The van der Waals surface area contributed by atoms with Gasteiger partial charge in [-0.2, -0.15) is 0 Å². The zero-order valence-corrected chi connectivity index (χ0v) is 31.1. The van der Waals surface area contributed by atoms with Crippen molar-refractivity contribution < 1.29 is 8.83 Å². The molecule has 0 bridgehead atoms. The Hall–Kier alpha value is -7.41. The zero-order chi connectivity index (χ0) is 37.5. The summed E-state index contributed by atoms with van der Waals surface area (Å²) >= 11 is 1.83. The van der Waals surface area contributed by atoms with Crippen molar-refractivity contribution in [2.24, 2.45) is 0 Å². The largest absolute Gasteiger partial charge is 0.456 e. The van der Waals surface area contributed by atoms with Gasteiger partial charge in [0.1, 0.15) is 22.3 Å². The molecule has 0 saturated heterocycles. The number of benzene rings is 8. The Bertz CT molecular complexity index is 3470. The lowest BCUT2D eigenvalue weighted by Crippen LogP contribution is -2.00. The summed E-state index contributed by atoms with van der Waals surface area (Å²) in [6, 6.07) is 60.8. The lowest BCUT2D eigenvalue weighted by atomic mass is 9.93. The number of hydrogen-bond donors (Lipinski definition) is 0. The third kappa shape index (κ3) is 5.04. The summed E-state index contributed by atoms with van der Waals surface area (Å²) in [4.78, 5) is 15.0. The Balaban J connectivity index is 1.04. The first-order valence-electron chi connectivity index (χ1n) is 18.9. The topological polar surface area (TPSA) is 65.0 Å². The van der Waals surface area contributed by atoms with Crippen LogP contribution in [0.2, 0.25) is 0 Å². The lowest BCUT2D eigenvalue weighted by Gasteiger charge is -2.10. The van der Waals surface area contributed by atoms with E-state index in [2.05, 4.69) is 91.0 Å². The van der Waals surface area contributed by atoms with Crippen molar-refractivity contribution in [2.45, 2.75) is 0 Å². The van der Waals surface area contributed by atoms with E-state index in [-0.39, 0.29) is 0 Å². The molecule has 0 radical (unpaired) electrons. The first-order valence-corrected chi connectivity index (χ1v) is 19.7. The molecule has 0 aliphatic carbocycles. The highest BCUT2D eigenvalue weighted by Gasteiger charge is 2.21. The monoisotopic (exact) mass is 747 g/mol. The van der Waals surface area contributed by atoms with Gasteiger partial charge in [0.05, 0.1) is 0 Å². The minimum atomic E-state index is 0.599. The fraction of sp³-hybridized carbons (Fsp3) is 0. The fourth-order valence-corrected chi connectivity index (χ4v) is 9.61. The first-order chi connectivity index (χ1) is 28.2. The number of aromatic nitrogens is 3. The molecule has 57 heavy (non-hydrogen) atoms. The second-order valence-corrected chi connectivity index (χ2v) is 15.3. The van der Waals surface area contributed by atoms with Crippen molar-refractivity contribution in [3.63, 3.8) is 0 Å². The van der Waals surface area contributed by atoms with Gasteiger partial charge >= 0.3 is 0 Å². The van der Waals surface area contributed by atoms with Crippen LogP contribution in [0.25, 0.3) is 120 Å². The van der Waals surface area contributed by atoms with E-state index in [1.165, 1.54) is 20.2 Å². The minimum Gasteiger partial charge on any atom is -0.456 e. The summed E-state index contributed by atoms with van der Waals surface area (Å²) in [6.07, 6.45) is 0. The van der Waals surface area contributed by atoms with E-state index in [9.17, 15) is 0 Å². The van der Waals surface area contributed by atoms with Gasteiger partial charge in [0.2, 0.25) is 0 Å². The van der Waals surface area contributed by atoms with Crippen molar-refractivity contribution >= 4 is 75.4 Å². The fourth-order valence-electron chi connectivity index (χ4n) is 8.35. The summed E-state index contributed by atoms with van der Waals surface area (Å²) in [5.41, 5.74) is 10.6. The van der Waals surface area contributed by atoms with E-state index in [1.54, 1.807) is 0 Å². The summed E-state index contributed by atoms with van der Waals surface area (Å²) in [5, 5.41) is 6.70. The smallest absolute Gasteiger partial charge is 0.164 e. The highest BCUT2D eigenvalue weighted by molar-refractivity contribution is 7.26. The Kier molecular flexibility index (Phi) is 7.03. The summed E-state index contributed by atoms with van der Waals surface area (Å²) in [5.74, 6) is 1.85. The van der Waals surface area contributed by atoms with Crippen LogP contribution in [0.4, 0.5) is 0 Å². The van der Waals surface area contributed by atoms with Crippen molar-refractivity contribution in [1.29, 1.82) is 0 Å². The Morgan fingerprint density at radius 3 is 1.79 bits per heavy atom. The molecule has 8 aromatic carbocycles. The lowest BCUT2D eigenvalue weighted by molar-refractivity contribution is 0.669. The molecule has 0 saturated carbocycles. The molecule has 5 nitrogen and oxygen atoms in total. The summed E-state index contributed by atoms with van der Waals surface area (Å²) in [6.45, 7) is 0. The molecule has 12 aromatic rings. The molecule has 0 aliphatic rings. The molecule has 0 spiro atoms. The number of nitrogens with zero attached hydrogens (tertiary/aromatic N) is 3. The molecule has 0 fully saturated rings. The van der Waals surface area contributed by atoms with Gasteiger partial charge in [-0.3, -0.25) is 0 Å². The van der Waals surface area contributed by atoms with Gasteiger partial charge in [-0.1, -0.05) is 146 Å². The minimum absolute atomic E-state index is 0.599. The maximum absolute atomic E-state index is 6.67. The van der Waals surface area contributed by atoms with Crippen LogP contribution < -0.4 is 0 Å². The van der Waals surface area contributed by atoms with Crippen molar-refractivity contribution in [3.8, 4) is 56.4 Å². The molecular formula is C51H29N3O2S. The zero-order valence-electron chi connectivity index (χ0n) is 30.3. The van der Waals surface area contributed by atoms with Crippen LogP contribution in [0.5, 0.6) is 0 Å². The van der Waals surface area contributed by atoms with E-state index >= 15 is 0 Å². The average Bonchev–Trinajstić information content (AvgIpc) is 3.98. The van der Waals surface area contributed by atoms with Gasteiger partial charge in [-0.25, -0.2) is 15.0 Å². The number of rotatable bonds is 5. The molecule has 4 heterocycles. The van der Waals surface area contributed by atoms with Crippen LogP contribution in [-0.4, -0.2) is 15.0 Å². The van der Waals surface area contributed by atoms with Crippen molar-refractivity contribution in [2.75, 3.05) is 0 Å². The predicted octanol–water partition coefficient (Wildman–Crippen LogP) is 14.4. The highest BCUT2D eigenvalue weighted by Crippen LogP contribution is 2.48. The molecule has 0 N–H and O–H groups in total. The van der Waals surface area contributed by atoms with E-state index < -0.39 is 0 Å². The average molecular weight is 748 g/mol. The second kappa shape index (κ2) is 12.6. The van der Waals surface area contributed by atoms with Gasteiger partial charge in [-0.05, 0) is 47.0 Å². The predicted molar refractivity (Wildman–Crippen MR) is 234 cm³/mol. The van der Waals surface area contributed by atoms with Crippen molar-refractivity contribution in [1.82, 2.24) is 15.0 Å². The van der Waals surface area contributed by atoms with E-state index in [4.69, 9.17) is 23.8 Å². The molecule has 0 atom stereocenters. The van der Waals surface area contributed by atoms with Crippen LogP contribution in [0, 0.1) is 0 Å². The number of thiophene rings is 1. The Labute approximate surface area is 330 Å². The number of para-hydroxylation sites is 2. The van der Waals surface area contributed by atoms with Gasteiger partial charge < -0.3 is 8.83 Å². The molecule has 0 amide bonds. The van der Waals surface area contributed by atoms with Gasteiger partial charge in [0, 0.05) is 64.0 Å². The molecule has 0 unspecified atom stereocenters. The summed E-state index contributed by atoms with van der Waals surface area (Å²) in [7, 11) is 0. The third-order valence-corrected chi connectivity index (χ3v) is 12.2. The first kappa shape index (κ1) is 31.9. The molecule has 0 aliphatic heterocycles. The molecular weight excluding hydrogens is 719 g/mol. The van der Waals surface area contributed by atoms with Crippen LogP contribution in [0.3, 0.4) is 0 Å². The highest BCUT2D eigenvalue weighted by atomic mass is 32.1. The maximum atomic E-state index is 6.67. The van der Waals surface area contributed by atoms with E-state index in [0.717, 1.165) is 82.8 Å². The second-order valence-electron chi connectivity index (χ2n) is 14.3. The normalized spacial score (nSPS) is 11.9. The maximum Gasteiger partial charge on any atom is 0.164 e. The SMILES string of the molecule is c1ccc(-c2nc(-c3ccccc3)nc(-c3cccc4oc5cc(-c6ccc(-c7cccc8c7oc7ccccc78)c7c6sc6ccccc67)ccc5c34)n2)cc1.